The van der Waals surface area contributed by atoms with E-state index in [4.69, 9.17) is 9.47 Å². The Labute approximate surface area is 262 Å². The molecule has 0 bridgehead atoms. The summed E-state index contributed by atoms with van der Waals surface area (Å²) < 4.78 is 33.8. The molecule has 238 valence electrons. The molecule has 10 heteroatoms. The molecule has 1 saturated heterocycles. The fraction of sp³-hybridized carbons (Fsp3) is 0.441. The molecule has 1 heterocycles. The number of methoxy groups -OCH3 is 2. The van der Waals surface area contributed by atoms with Gasteiger partial charge in [-0.05, 0) is 78.6 Å². The molecule has 0 radical (unpaired) electrons. The Morgan fingerprint density at radius 2 is 1.66 bits per heavy atom. The van der Waals surface area contributed by atoms with E-state index < -0.39 is 22.9 Å². The SMILES string of the molecule is COc1cc(CNC[C@H](O)[C@H](Cc2ccccc2)NC(=O)c2cc(C3CCCC3)cc(N3CCCS3(O)O)c2)cc(OC)c1. The van der Waals surface area contributed by atoms with Gasteiger partial charge in [-0.15, -0.1) is 10.8 Å². The predicted octanol–water partition coefficient (Wildman–Crippen LogP) is 5.73. The number of hydrogen-bond donors (Lipinski definition) is 5. The highest BCUT2D eigenvalue weighted by atomic mass is 32.3. The average molecular weight is 624 g/mol. The minimum Gasteiger partial charge on any atom is -0.497 e. The van der Waals surface area contributed by atoms with Gasteiger partial charge in [0.05, 0.1) is 37.8 Å². The second-order valence-electron chi connectivity index (χ2n) is 11.8. The van der Waals surface area contributed by atoms with Gasteiger partial charge in [-0.2, -0.15) is 0 Å². The summed E-state index contributed by atoms with van der Waals surface area (Å²) in [6.45, 7) is 1.27. The number of aliphatic hydroxyl groups excluding tert-OH is 1. The molecule has 1 amide bonds. The maximum absolute atomic E-state index is 13.9. The summed E-state index contributed by atoms with van der Waals surface area (Å²) in [4.78, 5) is 13.9. The van der Waals surface area contributed by atoms with Gasteiger partial charge in [0.15, 0.2) is 0 Å². The highest BCUT2D eigenvalue weighted by Gasteiger charge is 2.31. The highest BCUT2D eigenvalue weighted by Crippen LogP contribution is 2.51. The van der Waals surface area contributed by atoms with Crippen molar-refractivity contribution in [3.63, 3.8) is 0 Å². The van der Waals surface area contributed by atoms with Crippen LogP contribution in [0.2, 0.25) is 0 Å². The number of benzene rings is 3. The Morgan fingerprint density at radius 3 is 2.30 bits per heavy atom. The van der Waals surface area contributed by atoms with Crippen LogP contribution in [0, 0.1) is 0 Å². The van der Waals surface area contributed by atoms with Gasteiger partial charge in [0.1, 0.15) is 11.5 Å². The van der Waals surface area contributed by atoms with Gasteiger partial charge < -0.3 is 25.2 Å². The van der Waals surface area contributed by atoms with Gasteiger partial charge in [0, 0.05) is 31.3 Å². The van der Waals surface area contributed by atoms with E-state index >= 15 is 0 Å². The van der Waals surface area contributed by atoms with E-state index in [-0.39, 0.29) is 12.5 Å². The summed E-state index contributed by atoms with van der Waals surface area (Å²) in [7, 11) is 0.308. The number of hydrogen-bond acceptors (Lipinski definition) is 8. The Kier molecular flexibility index (Phi) is 10.7. The molecule has 2 aliphatic rings. The van der Waals surface area contributed by atoms with Crippen molar-refractivity contribution in [1.29, 1.82) is 0 Å². The lowest BCUT2D eigenvalue weighted by molar-refractivity contribution is 0.0830. The summed E-state index contributed by atoms with van der Waals surface area (Å²) >= 11 is 0. The van der Waals surface area contributed by atoms with Gasteiger partial charge in [0.25, 0.3) is 5.91 Å². The molecule has 1 saturated carbocycles. The third-order valence-electron chi connectivity index (χ3n) is 8.62. The van der Waals surface area contributed by atoms with Crippen LogP contribution >= 0.6 is 10.8 Å². The lowest BCUT2D eigenvalue weighted by Crippen LogP contribution is -2.48. The molecule has 0 spiro atoms. The maximum atomic E-state index is 13.9. The quantitative estimate of drug-likeness (QED) is 0.164. The average Bonchev–Trinajstić information content (AvgIpc) is 3.70. The summed E-state index contributed by atoms with van der Waals surface area (Å²) in [5.41, 5.74) is 4.14. The number of rotatable bonds is 13. The van der Waals surface area contributed by atoms with Crippen molar-refractivity contribution in [3.8, 4) is 11.5 Å². The van der Waals surface area contributed by atoms with Gasteiger partial charge in [-0.25, -0.2) is 0 Å². The lowest BCUT2D eigenvalue weighted by atomic mass is 9.94. The smallest absolute Gasteiger partial charge is 0.251 e. The molecule has 44 heavy (non-hydrogen) atoms. The highest BCUT2D eigenvalue weighted by molar-refractivity contribution is 8.25. The fourth-order valence-corrected chi connectivity index (χ4v) is 7.84. The van der Waals surface area contributed by atoms with Crippen molar-refractivity contribution in [2.24, 2.45) is 0 Å². The van der Waals surface area contributed by atoms with Crippen LogP contribution in [0.5, 0.6) is 11.5 Å². The number of carbonyl (C=O) groups excluding carboxylic acids is 1. The first-order chi connectivity index (χ1) is 21.3. The van der Waals surface area contributed by atoms with Crippen molar-refractivity contribution in [3.05, 3.63) is 89.0 Å². The monoisotopic (exact) mass is 623 g/mol. The van der Waals surface area contributed by atoms with Crippen molar-refractivity contribution in [1.82, 2.24) is 10.6 Å². The topological polar surface area (TPSA) is 124 Å². The second kappa shape index (κ2) is 14.7. The molecule has 2 fully saturated rings. The van der Waals surface area contributed by atoms with Crippen molar-refractivity contribution in [2.75, 3.05) is 37.4 Å². The third kappa shape index (κ3) is 8.05. The molecule has 3 aromatic rings. The summed E-state index contributed by atoms with van der Waals surface area (Å²) in [6, 6.07) is 20.6. The van der Waals surface area contributed by atoms with Crippen LogP contribution in [0.15, 0.2) is 66.7 Å². The zero-order valence-electron chi connectivity index (χ0n) is 25.6. The Balaban J connectivity index is 1.34. The van der Waals surface area contributed by atoms with E-state index in [1.165, 1.54) is 0 Å². The fourth-order valence-electron chi connectivity index (χ4n) is 6.24. The van der Waals surface area contributed by atoms with E-state index in [2.05, 4.69) is 10.6 Å². The Hall–Kier alpha value is -3.28. The van der Waals surface area contributed by atoms with Crippen LogP contribution < -0.4 is 24.4 Å². The van der Waals surface area contributed by atoms with Crippen molar-refractivity contribution in [2.45, 2.75) is 63.1 Å². The second-order valence-corrected chi connectivity index (χ2v) is 13.9. The maximum Gasteiger partial charge on any atom is 0.251 e. The normalized spacial score (nSPS) is 18.5. The summed E-state index contributed by atoms with van der Waals surface area (Å²) in [6.07, 6.45) is 4.67. The Bertz CT molecular complexity index is 1380. The number of aliphatic hydroxyl groups is 1. The van der Waals surface area contributed by atoms with Gasteiger partial charge in [-0.3, -0.25) is 18.2 Å². The van der Waals surface area contributed by atoms with Crippen molar-refractivity contribution >= 4 is 22.4 Å². The molecule has 9 nitrogen and oxygen atoms in total. The number of amides is 1. The Morgan fingerprint density at radius 1 is 0.955 bits per heavy atom. The number of anilines is 1. The molecule has 1 aliphatic heterocycles. The van der Waals surface area contributed by atoms with Crippen LogP contribution in [-0.2, 0) is 13.0 Å². The minimum atomic E-state index is -2.90. The van der Waals surface area contributed by atoms with Crippen LogP contribution in [0.4, 0.5) is 5.69 Å². The molecule has 5 N–H and O–H groups in total. The van der Waals surface area contributed by atoms with Crippen LogP contribution in [0.1, 0.15) is 65.1 Å². The molecule has 0 unspecified atom stereocenters. The lowest BCUT2D eigenvalue weighted by Gasteiger charge is -2.38. The molecular formula is C34H45N3O6S. The van der Waals surface area contributed by atoms with Crippen LogP contribution in [0.25, 0.3) is 0 Å². The van der Waals surface area contributed by atoms with E-state index in [0.717, 1.165) is 42.4 Å². The standard InChI is InChI=1S/C34H45N3O6S/c1-42-30-15-25(16-31(21-30)43-2)22-35-23-33(38)32(17-24-9-4-3-5-10-24)36-34(39)28-18-27(26-11-6-7-12-26)19-29(20-28)37-13-8-14-44(37,40)41/h3-5,9-10,15-16,18-21,26,32-33,35,38,40-41H,6-8,11-14,17,22-23H2,1-2H3,(H,36,39)/t32-,33-/m0/s1. The first kappa shape index (κ1) is 32.1. The molecule has 0 aromatic heterocycles. The van der Waals surface area contributed by atoms with Crippen LogP contribution in [0.3, 0.4) is 0 Å². The first-order valence-electron chi connectivity index (χ1n) is 15.4. The molecular weight excluding hydrogens is 578 g/mol. The molecule has 2 atom stereocenters. The van der Waals surface area contributed by atoms with Gasteiger partial charge >= 0.3 is 0 Å². The number of nitrogens with one attached hydrogen (secondary N) is 2. The van der Waals surface area contributed by atoms with Crippen LogP contribution in [-0.4, -0.2) is 65.3 Å². The minimum absolute atomic E-state index is 0.249. The summed E-state index contributed by atoms with van der Waals surface area (Å²) in [5, 5.41) is 17.8. The number of ether oxygens (including phenoxy) is 2. The van der Waals surface area contributed by atoms with E-state index in [1.807, 2.05) is 60.7 Å². The molecule has 1 aliphatic carbocycles. The molecule has 3 aromatic carbocycles. The van der Waals surface area contributed by atoms with E-state index in [1.54, 1.807) is 24.6 Å². The zero-order chi connectivity index (χ0) is 31.1. The third-order valence-corrected chi connectivity index (χ3v) is 10.6. The first-order valence-corrected chi connectivity index (χ1v) is 17.1. The summed E-state index contributed by atoms with van der Waals surface area (Å²) in [5.74, 6) is 1.76. The number of nitrogens with zero attached hydrogens (tertiary/aromatic N) is 1. The molecule has 5 rings (SSSR count). The van der Waals surface area contributed by atoms with E-state index in [0.29, 0.717) is 60.4 Å². The van der Waals surface area contributed by atoms with Crippen molar-refractivity contribution < 1.29 is 28.5 Å². The zero-order valence-corrected chi connectivity index (χ0v) is 26.4. The van der Waals surface area contributed by atoms with E-state index in [9.17, 15) is 19.0 Å². The van der Waals surface area contributed by atoms with Gasteiger partial charge in [-0.1, -0.05) is 43.2 Å². The number of carbonyl (C=O) groups is 1. The largest absolute Gasteiger partial charge is 0.497 e. The van der Waals surface area contributed by atoms with Gasteiger partial charge in [0.2, 0.25) is 0 Å². The predicted molar refractivity (Wildman–Crippen MR) is 176 cm³/mol.